The summed E-state index contributed by atoms with van der Waals surface area (Å²) in [5, 5.41) is 0. The molecule has 432 valence electrons. The van der Waals surface area contributed by atoms with E-state index in [1.807, 2.05) is 0 Å². The van der Waals surface area contributed by atoms with Crippen LogP contribution in [0.3, 0.4) is 0 Å². The first kappa shape index (κ1) is 71.2. The molecule has 0 aromatic rings. The fourth-order valence-electron chi connectivity index (χ4n) is 10.3. The number of rotatable bonds is 62. The van der Waals surface area contributed by atoms with E-state index in [1.165, 1.54) is 276 Å². The average Bonchev–Trinajstić information content (AvgIpc) is 3.39. The van der Waals surface area contributed by atoms with Gasteiger partial charge in [0.25, 0.3) is 0 Å². The van der Waals surface area contributed by atoms with Gasteiger partial charge < -0.3 is 14.2 Å². The molecule has 0 N–H and O–H groups in total. The molecule has 1 atom stereocenters. The minimum absolute atomic E-state index is 0.0638. The summed E-state index contributed by atoms with van der Waals surface area (Å²) in [6.07, 6.45) is 74.5. The maximum Gasteiger partial charge on any atom is 0.306 e. The summed E-state index contributed by atoms with van der Waals surface area (Å²) in [6, 6.07) is 0. The fraction of sp³-hybridized carbons (Fsp3) is 0.925. The normalized spacial score (nSPS) is 12.0. The SMILES string of the molecule is CCCCCCCCCC/C=C\CCCCCCCCCCCCCCCCCCCCCCCCCC(=O)OCC(COC(=O)CCCCCCC)OC(=O)CCCCCCCCCCCCCCCCC. The number of hydrogen-bond acceptors (Lipinski definition) is 6. The average molecular weight is 1030 g/mol. The van der Waals surface area contributed by atoms with Crippen LogP contribution in [0.15, 0.2) is 12.2 Å². The fourth-order valence-corrected chi connectivity index (χ4v) is 10.3. The third-order valence-electron chi connectivity index (χ3n) is 15.3. The van der Waals surface area contributed by atoms with Crippen LogP contribution in [0.25, 0.3) is 0 Å². The predicted octanol–water partition coefficient (Wildman–Crippen LogP) is 22.4. The van der Waals surface area contributed by atoms with Gasteiger partial charge in [-0.2, -0.15) is 0 Å². The lowest BCUT2D eigenvalue weighted by Crippen LogP contribution is -2.30. The van der Waals surface area contributed by atoms with Gasteiger partial charge in [0.15, 0.2) is 6.10 Å². The smallest absolute Gasteiger partial charge is 0.306 e. The monoisotopic (exact) mass is 1030 g/mol. The number of hydrogen-bond donors (Lipinski definition) is 0. The van der Waals surface area contributed by atoms with E-state index in [9.17, 15) is 14.4 Å². The van der Waals surface area contributed by atoms with E-state index >= 15 is 0 Å². The van der Waals surface area contributed by atoms with E-state index in [4.69, 9.17) is 14.2 Å². The first-order valence-electron chi connectivity index (χ1n) is 33.2. The first-order valence-corrected chi connectivity index (χ1v) is 33.2. The zero-order valence-corrected chi connectivity index (χ0v) is 49.7. The summed E-state index contributed by atoms with van der Waals surface area (Å²) in [5.41, 5.74) is 0. The molecule has 0 heterocycles. The molecule has 73 heavy (non-hydrogen) atoms. The second-order valence-electron chi connectivity index (χ2n) is 22.7. The Bertz CT molecular complexity index is 1130. The van der Waals surface area contributed by atoms with E-state index in [-0.39, 0.29) is 31.1 Å². The summed E-state index contributed by atoms with van der Waals surface area (Å²) in [7, 11) is 0. The number of ether oxygens (including phenoxy) is 3. The molecule has 0 amide bonds. The van der Waals surface area contributed by atoms with Crippen molar-refractivity contribution in [3.8, 4) is 0 Å². The van der Waals surface area contributed by atoms with Crippen molar-refractivity contribution in [3.63, 3.8) is 0 Å². The molecule has 0 aromatic heterocycles. The van der Waals surface area contributed by atoms with Gasteiger partial charge in [-0.1, -0.05) is 328 Å². The zero-order valence-electron chi connectivity index (χ0n) is 49.7. The van der Waals surface area contributed by atoms with E-state index in [1.54, 1.807) is 0 Å². The Kier molecular flexibility index (Phi) is 61.1. The summed E-state index contributed by atoms with van der Waals surface area (Å²) < 4.78 is 16.8. The number of esters is 3. The molecule has 0 aliphatic heterocycles. The standard InChI is InChI=1S/C67H128O6/c1-4-7-10-13-15-17-19-21-23-24-25-26-27-28-29-30-31-32-33-34-35-36-37-38-39-40-41-42-44-45-47-49-51-54-57-60-66(69)72-63-64(62-71-65(68)59-56-53-12-9-6-3)73-67(70)61-58-55-52-50-48-46-43-22-20-18-16-14-11-8-5-2/h24-25,64H,4-23,26-63H2,1-3H3/b25-24-. The molecule has 0 spiro atoms. The van der Waals surface area contributed by atoms with Gasteiger partial charge >= 0.3 is 17.9 Å². The van der Waals surface area contributed by atoms with Crippen molar-refractivity contribution < 1.29 is 28.6 Å². The molecular weight excluding hydrogens is 901 g/mol. The zero-order chi connectivity index (χ0) is 52.9. The Hall–Kier alpha value is -1.85. The maximum absolute atomic E-state index is 12.8. The van der Waals surface area contributed by atoms with Gasteiger partial charge in [0, 0.05) is 19.3 Å². The minimum Gasteiger partial charge on any atom is -0.462 e. The Labute approximate surface area is 456 Å². The van der Waals surface area contributed by atoms with Crippen LogP contribution in [-0.4, -0.2) is 37.2 Å². The summed E-state index contributed by atoms with van der Waals surface area (Å²) in [6.45, 7) is 6.62. The van der Waals surface area contributed by atoms with Gasteiger partial charge in [0.1, 0.15) is 13.2 Å². The molecule has 0 aliphatic carbocycles. The van der Waals surface area contributed by atoms with Gasteiger partial charge in [-0.25, -0.2) is 0 Å². The van der Waals surface area contributed by atoms with Crippen molar-refractivity contribution in [2.45, 2.75) is 386 Å². The molecule has 6 heteroatoms. The van der Waals surface area contributed by atoms with Crippen LogP contribution in [0.2, 0.25) is 0 Å². The van der Waals surface area contributed by atoms with Crippen LogP contribution < -0.4 is 0 Å². The van der Waals surface area contributed by atoms with Crippen molar-refractivity contribution in [1.29, 1.82) is 0 Å². The highest BCUT2D eigenvalue weighted by Crippen LogP contribution is 2.18. The highest BCUT2D eigenvalue weighted by Gasteiger charge is 2.19. The molecule has 1 unspecified atom stereocenters. The third kappa shape index (κ3) is 60.9. The van der Waals surface area contributed by atoms with Crippen molar-refractivity contribution in [3.05, 3.63) is 12.2 Å². The molecule has 0 saturated carbocycles. The lowest BCUT2D eigenvalue weighted by molar-refractivity contribution is -0.167. The van der Waals surface area contributed by atoms with Crippen molar-refractivity contribution in [1.82, 2.24) is 0 Å². The molecule has 0 bridgehead atoms. The van der Waals surface area contributed by atoms with E-state index in [0.717, 1.165) is 64.2 Å². The minimum atomic E-state index is -0.761. The molecule has 0 saturated heterocycles. The Morgan fingerprint density at radius 2 is 0.452 bits per heavy atom. The molecule has 6 nitrogen and oxygen atoms in total. The third-order valence-corrected chi connectivity index (χ3v) is 15.3. The molecule has 0 aromatic carbocycles. The van der Waals surface area contributed by atoms with Crippen LogP contribution in [0, 0.1) is 0 Å². The molecule has 0 radical (unpaired) electrons. The maximum atomic E-state index is 12.8. The van der Waals surface area contributed by atoms with Crippen LogP contribution in [-0.2, 0) is 28.6 Å². The molecule has 0 fully saturated rings. The lowest BCUT2D eigenvalue weighted by atomic mass is 10.0. The molecule has 0 rings (SSSR count). The molecule has 0 aliphatic rings. The van der Waals surface area contributed by atoms with E-state index in [0.29, 0.717) is 19.3 Å². The van der Waals surface area contributed by atoms with E-state index < -0.39 is 6.10 Å². The van der Waals surface area contributed by atoms with Crippen LogP contribution in [0.5, 0.6) is 0 Å². The van der Waals surface area contributed by atoms with Crippen LogP contribution in [0.1, 0.15) is 380 Å². The number of carbonyl (C=O) groups is 3. The molecular formula is C67H128O6. The van der Waals surface area contributed by atoms with Crippen molar-refractivity contribution in [2.24, 2.45) is 0 Å². The topological polar surface area (TPSA) is 78.9 Å². The van der Waals surface area contributed by atoms with E-state index in [2.05, 4.69) is 32.9 Å². The van der Waals surface area contributed by atoms with Crippen molar-refractivity contribution in [2.75, 3.05) is 13.2 Å². The van der Waals surface area contributed by atoms with Crippen LogP contribution in [0.4, 0.5) is 0 Å². The lowest BCUT2D eigenvalue weighted by Gasteiger charge is -2.18. The second-order valence-corrected chi connectivity index (χ2v) is 22.7. The second kappa shape index (κ2) is 62.7. The number of allylic oxidation sites excluding steroid dienone is 2. The summed E-state index contributed by atoms with van der Waals surface area (Å²) >= 11 is 0. The van der Waals surface area contributed by atoms with Crippen LogP contribution >= 0.6 is 0 Å². The number of carbonyl (C=O) groups excluding carboxylic acids is 3. The van der Waals surface area contributed by atoms with Crippen molar-refractivity contribution >= 4 is 17.9 Å². The Morgan fingerprint density at radius 1 is 0.260 bits per heavy atom. The summed E-state index contributed by atoms with van der Waals surface area (Å²) in [4.78, 5) is 37.8. The Balaban J connectivity index is 3.81. The van der Waals surface area contributed by atoms with Gasteiger partial charge in [-0.3, -0.25) is 14.4 Å². The predicted molar refractivity (Wildman–Crippen MR) is 317 cm³/mol. The van der Waals surface area contributed by atoms with Gasteiger partial charge in [-0.05, 0) is 44.9 Å². The largest absolute Gasteiger partial charge is 0.462 e. The van der Waals surface area contributed by atoms with Gasteiger partial charge in [-0.15, -0.1) is 0 Å². The highest BCUT2D eigenvalue weighted by molar-refractivity contribution is 5.71. The van der Waals surface area contributed by atoms with Gasteiger partial charge in [0.2, 0.25) is 0 Å². The first-order chi connectivity index (χ1) is 36.0. The summed E-state index contributed by atoms with van der Waals surface area (Å²) in [5.74, 6) is -0.852. The Morgan fingerprint density at radius 3 is 0.685 bits per heavy atom. The number of unbranched alkanes of at least 4 members (excludes halogenated alkanes) is 49. The highest BCUT2D eigenvalue weighted by atomic mass is 16.6. The quantitative estimate of drug-likeness (QED) is 0.0261. The van der Waals surface area contributed by atoms with Gasteiger partial charge in [0.05, 0.1) is 0 Å².